The second-order valence-electron chi connectivity index (χ2n) is 3.03. The highest BCUT2D eigenvalue weighted by atomic mass is 32.2. The number of nitrogens with zero attached hydrogens (tertiary/aromatic N) is 1. The zero-order valence-electron chi connectivity index (χ0n) is 7.11. The summed E-state index contributed by atoms with van der Waals surface area (Å²) < 4.78 is 5.10. The van der Waals surface area contributed by atoms with Crippen LogP contribution in [-0.4, -0.2) is 22.3 Å². The van der Waals surface area contributed by atoms with Gasteiger partial charge in [0.1, 0.15) is 0 Å². The first-order valence-corrected chi connectivity index (χ1v) is 5.15. The Hall–Kier alpha value is -0.970. The van der Waals surface area contributed by atoms with E-state index in [1.807, 2.05) is 6.26 Å². The zero-order valence-corrected chi connectivity index (χ0v) is 7.93. The maximum Gasteiger partial charge on any atom is 0.373 e. The summed E-state index contributed by atoms with van der Waals surface area (Å²) in [5.74, 6) is -0.580. The summed E-state index contributed by atoms with van der Waals surface area (Å²) in [6, 6.07) is 0. The monoisotopic (exact) mass is 199 g/mol. The fraction of sp³-hybridized carbons (Fsp3) is 0.500. The molecule has 5 heteroatoms. The fourth-order valence-corrected chi connectivity index (χ4v) is 1.98. The maximum atomic E-state index is 10.5. The molecule has 1 N–H and O–H groups in total. The zero-order chi connectivity index (χ0) is 9.47. The quantitative estimate of drug-likeness (QED) is 0.803. The molecule has 0 bridgehead atoms. The first kappa shape index (κ1) is 8.62. The number of carbonyl (C=O) groups is 1. The summed E-state index contributed by atoms with van der Waals surface area (Å²) in [4.78, 5) is 14.5. The van der Waals surface area contributed by atoms with Gasteiger partial charge in [0.15, 0.2) is 0 Å². The largest absolute Gasteiger partial charge is 0.475 e. The fourth-order valence-electron chi connectivity index (χ4n) is 1.20. The molecule has 0 aromatic carbocycles. The third-order valence-electron chi connectivity index (χ3n) is 2.20. The van der Waals surface area contributed by atoms with Gasteiger partial charge in [0.2, 0.25) is 11.7 Å². The van der Waals surface area contributed by atoms with E-state index in [4.69, 9.17) is 9.52 Å². The van der Waals surface area contributed by atoms with Crippen LogP contribution in [0.25, 0.3) is 0 Å². The molecule has 0 spiro atoms. The molecule has 1 aliphatic carbocycles. The summed E-state index contributed by atoms with van der Waals surface area (Å²) in [7, 11) is 0. The first-order valence-electron chi connectivity index (χ1n) is 3.93. The van der Waals surface area contributed by atoms with E-state index < -0.39 is 5.97 Å². The Bertz CT molecular complexity index is 343. The average Bonchev–Trinajstić information content (AvgIpc) is 2.75. The van der Waals surface area contributed by atoms with Gasteiger partial charge < -0.3 is 9.52 Å². The highest BCUT2D eigenvalue weighted by Crippen LogP contribution is 2.55. The minimum Gasteiger partial charge on any atom is -0.475 e. The number of carboxylic acids is 1. The van der Waals surface area contributed by atoms with Crippen molar-refractivity contribution in [1.29, 1.82) is 0 Å². The summed E-state index contributed by atoms with van der Waals surface area (Å²) in [6.07, 6.45) is 5.30. The van der Waals surface area contributed by atoms with Crippen molar-refractivity contribution < 1.29 is 14.3 Å². The molecule has 4 nitrogen and oxygen atoms in total. The molecule has 0 saturated heterocycles. The van der Waals surface area contributed by atoms with E-state index in [2.05, 4.69) is 4.98 Å². The highest BCUT2D eigenvalue weighted by Gasteiger charge is 2.48. The van der Waals surface area contributed by atoms with Gasteiger partial charge in [-0.2, -0.15) is 0 Å². The van der Waals surface area contributed by atoms with Crippen LogP contribution in [0.4, 0.5) is 0 Å². The smallest absolute Gasteiger partial charge is 0.373 e. The van der Waals surface area contributed by atoms with Gasteiger partial charge in [-0.15, -0.1) is 11.8 Å². The molecule has 2 rings (SSSR count). The van der Waals surface area contributed by atoms with E-state index >= 15 is 0 Å². The minimum atomic E-state index is -1.06. The standard InChI is InChI=1S/C8H9NO3S/c1-13-8(2-3-8)7-9-4-5(12-7)6(10)11/h4H,2-3H2,1H3,(H,10,11). The van der Waals surface area contributed by atoms with Crippen molar-refractivity contribution in [3.05, 3.63) is 17.8 Å². The van der Waals surface area contributed by atoms with E-state index in [0.717, 1.165) is 12.8 Å². The molecule has 13 heavy (non-hydrogen) atoms. The first-order chi connectivity index (χ1) is 6.18. The minimum absolute atomic E-state index is 0.0340. The summed E-state index contributed by atoms with van der Waals surface area (Å²) in [5.41, 5.74) is 0. The number of carboxylic acid groups (broad SMARTS) is 1. The topological polar surface area (TPSA) is 63.3 Å². The Morgan fingerprint density at radius 3 is 2.85 bits per heavy atom. The van der Waals surface area contributed by atoms with Crippen LogP contribution in [0.3, 0.4) is 0 Å². The summed E-state index contributed by atoms with van der Waals surface area (Å²) in [6.45, 7) is 0. The molecule has 1 saturated carbocycles. The van der Waals surface area contributed by atoms with Crippen LogP contribution in [0.15, 0.2) is 10.6 Å². The van der Waals surface area contributed by atoms with Crippen LogP contribution in [-0.2, 0) is 4.75 Å². The Labute approximate surface area is 79.3 Å². The molecule has 0 atom stereocenters. The molecular formula is C8H9NO3S. The van der Waals surface area contributed by atoms with E-state index in [1.54, 1.807) is 11.8 Å². The van der Waals surface area contributed by atoms with Crippen LogP contribution < -0.4 is 0 Å². The molecule has 0 amide bonds. The summed E-state index contributed by atoms with van der Waals surface area (Å²) >= 11 is 1.67. The van der Waals surface area contributed by atoms with Gasteiger partial charge in [0, 0.05) is 0 Å². The lowest BCUT2D eigenvalue weighted by Crippen LogP contribution is -1.99. The molecule has 0 unspecified atom stereocenters. The Kier molecular flexibility index (Phi) is 1.83. The number of aromatic carboxylic acids is 1. The molecular weight excluding hydrogens is 190 g/mol. The van der Waals surface area contributed by atoms with Gasteiger partial charge in [-0.25, -0.2) is 9.78 Å². The Morgan fingerprint density at radius 2 is 2.46 bits per heavy atom. The number of aromatic nitrogens is 1. The van der Waals surface area contributed by atoms with Gasteiger partial charge in [-0.05, 0) is 19.1 Å². The molecule has 1 heterocycles. The third-order valence-corrected chi connectivity index (χ3v) is 3.57. The van der Waals surface area contributed by atoms with E-state index in [-0.39, 0.29) is 10.5 Å². The molecule has 1 aliphatic rings. The van der Waals surface area contributed by atoms with Crippen molar-refractivity contribution in [3.63, 3.8) is 0 Å². The van der Waals surface area contributed by atoms with Crippen molar-refractivity contribution in [3.8, 4) is 0 Å². The van der Waals surface area contributed by atoms with E-state index in [9.17, 15) is 4.79 Å². The number of hydrogen-bond acceptors (Lipinski definition) is 4. The van der Waals surface area contributed by atoms with Crippen LogP contribution in [0, 0.1) is 0 Å². The molecule has 1 aromatic heterocycles. The van der Waals surface area contributed by atoms with Gasteiger partial charge in [0.05, 0.1) is 10.9 Å². The van der Waals surface area contributed by atoms with Crippen molar-refractivity contribution in [2.45, 2.75) is 17.6 Å². The number of hydrogen-bond donors (Lipinski definition) is 1. The molecule has 1 fully saturated rings. The predicted octanol–water partition coefficient (Wildman–Crippen LogP) is 1.72. The van der Waals surface area contributed by atoms with Gasteiger partial charge in [-0.3, -0.25) is 0 Å². The van der Waals surface area contributed by atoms with Gasteiger partial charge in [-0.1, -0.05) is 0 Å². The van der Waals surface area contributed by atoms with E-state index in [1.165, 1.54) is 6.20 Å². The highest BCUT2D eigenvalue weighted by molar-refractivity contribution is 7.99. The second kappa shape index (κ2) is 2.77. The van der Waals surface area contributed by atoms with Crippen molar-refractivity contribution in [2.24, 2.45) is 0 Å². The van der Waals surface area contributed by atoms with Crippen molar-refractivity contribution in [2.75, 3.05) is 6.26 Å². The average molecular weight is 199 g/mol. The molecule has 0 aliphatic heterocycles. The van der Waals surface area contributed by atoms with Crippen molar-refractivity contribution in [1.82, 2.24) is 4.98 Å². The van der Waals surface area contributed by atoms with Gasteiger partial charge in [0.25, 0.3) is 0 Å². The molecule has 0 radical (unpaired) electrons. The predicted molar refractivity (Wildman–Crippen MR) is 47.9 cm³/mol. The van der Waals surface area contributed by atoms with Crippen LogP contribution in [0.5, 0.6) is 0 Å². The Morgan fingerprint density at radius 1 is 1.77 bits per heavy atom. The number of thioether (sulfide) groups is 1. The molecule has 70 valence electrons. The normalized spacial score (nSPS) is 18.5. The third kappa shape index (κ3) is 1.33. The number of rotatable bonds is 3. The SMILES string of the molecule is CSC1(c2ncc(C(=O)O)o2)CC1. The lowest BCUT2D eigenvalue weighted by molar-refractivity contribution is 0.0660. The van der Waals surface area contributed by atoms with Crippen LogP contribution in [0.2, 0.25) is 0 Å². The van der Waals surface area contributed by atoms with Crippen LogP contribution in [0.1, 0.15) is 29.3 Å². The molecule has 1 aromatic rings. The van der Waals surface area contributed by atoms with E-state index in [0.29, 0.717) is 5.89 Å². The number of oxazole rings is 1. The summed E-state index contributed by atoms with van der Waals surface area (Å²) in [5, 5.41) is 8.62. The van der Waals surface area contributed by atoms with Gasteiger partial charge >= 0.3 is 5.97 Å². The van der Waals surface area contributed by atoms with Crippen molar-refractivity contribution >= 4 is 17.7 Å². The lowest BCUT2D eigenvalue weighted by Gasteiger charge is -2.04. The maximum absolute atomic E-state index is 10.5. The second-order valence-corrected chi connectivity index (χ2v) is 4.22. The lowest BCUT2D eigenvalue weighted by atomic mass is 10.4. The Balaban J connectivity index is 2.28. The van der Waals surface area contributed by atoms with Crippen LogP contribution >= 0.6 is 11.8 Å².